The summed E-state index contributed by atoms with van der Waals surface area (Å²) in [6, 6.07) is -1.97. The zero-order chi connectivity index (χ0) is 14.3. The first kappa shape index (κ1) is 14.5. The van der Waals surface area contributed by atoms with E-state index in [-0.39, 0.29) is 5.75 Å². The predicted molar refractivity (Wildman–Crippen MR) is 63.6 cm³/mol. The fourth-order valence-electron chi connectivity index (χ4n) is 2.33. The summed E-state index contributed by atoms with van der Waals surface area (Å²) >= 11 is 1.17. The van der Waals surface area contributed by atoms with Crippen LogP contribution >= 0.6 is 11.8 Å². The van der Waals surface area contributed by atoms with Crippen molar-refractivity contribution in [2.24, 2.45) is 0 Å². The van der Waals surface area contributed by atoms with E-state index in [9.17, 15) is 24.9 Å². The number of carbonyl (C=O) groups is 2. The first-order valence-electron chi connectivity index (χ1n) is 5.79. The van der Waals surface area contributed by atoms with Crippen LogP contribution in [0.15, 0.2) is 0 Å². The number of ether oxygens (including phenoxy) is 1. The number of fused-ring (bicyclic) bond motifs is 1. The number of thioether (sulfide) groups is 1. The molecule has 9 heteroatoms. The van der Waals surface area contributed by atoms with Gasteiger partial charge in [0.2, 0.25) is 0 Å². The number of quaternary nitrogens is 1. The highest BCUT2D eigenvalue weighted by Gasteiger charge is 2.54. The lowest BCUT2D eigenvalue weighted by molar-refractivity contribution is -0.426. The summed E-state index contributed by atoms with van der Waals surface area (Å²) in [7, 11) is 1.21. The van der Waals surface area contributed by atoms with Crippen LogP contribution in [0, 0.1) is 0 Å². The molecule has 108 valence electrons. The van der Waals surface area contributed by atoms with Gasteiger partial charge in [-0.1, -0.05) is 0 Å². The quantitative estimate of drug-likeness (QED) is 0.363. The highest BCUT2D eigenvalue weighted by atomic mass is 32.2. The molecule has 0 aromatic carbocycles. The Morgan fingerprint density at radius 2 is 2.00 bits per heavy atom. The van der Waals surface area contributed by atoms with E-state index >= 15 is 0 Å². The van der Waals surface area contributed by atoms with Crippen molar-refractivity contribution in [3.8, 4) is 0 Å². The monoisotopic (exact) mass is 293 g/mol. The minimum Gasteiger partial charge on any atom is -0.467 e. The number of rotatable bonds is 1. The summed E-state index contributed by atoms with van der Waals surface area (Å²) in [5, 5.41) is 28.8. The minimum atomic E-state index is -1.48. The van der Waals surface area contributed by atoms with E-state index in [2.05, 4.69) is 10.5 Å². The third-order valence-electron chi connectivity index (χ3n) is 3.48. The molecule has 0 unspecified atom stereocenters. The molecule has 2 fully saturated rings. The van der Waals surface area contributed by atoms with Gasteiger partial charge in [0.05, 0.1) is 7.11 Å². The van der Waals surface area contributed by atoms with E-state index in [4.69, 9.17) is 0 Å². The van der Waals surface area contributed by atoms with Crippen molar-refractivity contribution in [1.82, 2.24) is 4.90 Å². The lowest BCUT2D eigenvalue weighted by Crippen LogP contribution is -2.74. The van der Waals surface area contributed by atoms with Crippen LogP contribution in [0.3, 0.4) is 0 Å². The lowest BCUT2D eigenvalue weighted by atomic mass is 10.0. The molecule has 6 atom stereocenters. The maximum atomic E-state index is 12.2. The normalized spacial score (nSPS) is 42.8. The Bertz CT molecular complexity index is 394. The highest BCUT2D eigenvalue weighted by molar-refractivity contribution is 8.00. The summed E-state index contributed by atoms with van der Waals surface area (Å²) in [5.74, 6) is -0.891. The van der Waals surface area contributed by atoms with Crippen molar-refractivity contribution in [2.45, 2.75) is 35.8 Å². The summed E-state index contributed by atoms with van der Waals surface area (Å²) in [6.45, 7) is 0. The van der Waals surface area contributed by atoms with Gasteiger partial charge >= 0.3 is 5.97 Å². The zero-order valence-electron chi connectivity index (χ0n) is 10.3. The molecule has 8 nitrogen and oxygen atoms in total. The van der Waals surface area contributed by atoms with E-state index in [1.54, 1.807) is 0 Å². The molecule has 2 rings (SSSR count). The van der Waals surface area contributed by atoms with Gasteiger partial charge in [0.1, 0.15) is 29.7 Å². The van der Waals surface area contributed by atoms with Crippen molar-refractivity contribution in [3.63, 3.8) is 0 Å². The molecule has 19 heavy (non-hydrogen) atoms. The standard InChI is InChI=1S/C10H16N2O6S/c1-18-10(17)3-2-19-9-7(15)6(14)5(13)4(11)8(16)12(3)9/h3-7,9,13-15H,2,11H2,1H3/p+1/t3-,4-,5+,6-,7+,9+/m0/s1. The number of nitrogens with zero attached hydrogens (tertiary/aromatic N) is 1. The van der Waals surface area contributed by atoms with Gasteiger partial charge in [-0.25, -0.2) is 4.79 Å². The second kappa shape index (κ2) is 5.25. The molecule has 2 saturated heterocycles. The topological polar surface area (TPSA) is 135 Å². The Morgan fingerprint density at radius 3 is 2.58 bits per heavy atom. The largest absolute Gasteiger partial charge is 0.467 e. The minimum absolute atomic E-state index is 0.273. The van der Waals surface area contributed by atoms with E-state index in [1.165, 1.54) is 18.9 Å². The smallest absolute Gasteiger partial charge is 0.329 e. The van der Waals surface area contributed by atoms with Gasteiger partial charge in [0, 0.05) is 5.75 Å². The second-order valence-corrected chi connectivity index (χ2v) is 5.74. The number of aliphatic hydroxyl groups is 3. The van der Waals surface area contributed by atoms with Crippen LogP contribution in [-0.4, -0.2) is 80.7 Å². The van der Waals surface area contributed by atoms with Crippen molar-refractivity contribution in [3.05, 3.63) is 0 Å². The average Bonchev–Trinajstić information content (AvgIpc) is 2.84. The molecular weight excluding hydrogens is 276 g/mol. The third-order valence-corrected chi connectivity index (χ3v) is 4.84. The van der Waals surface area contributed by atoms with Crippen molar-refractivity contribution in [2.75, 3.05) is 12.9 Å². The molecule has 6 N–H and O–H groups in total. The van der Waals surface area contributed by atoms with Crippen LogP contribution in [-0.2, 0) is 14.3 Å². The van der Waals surface area contributed by atoms with Gasteiger partial charge in [0.25, 0.3) is 5.91 Å². The lowest BCUT2D eigenvalue weighted by Gasteiger charge is -2.28. The first-order chi connectivity index (χ1) is 8.90. The van der Waals surface area contributed by atoms with Crippen molar-refractivity contribution >= 4 is 23.6 Å². The van der Waals surface area contributed by atoms with Crippen molar-refractivity contribution in [1.29, 1.82) is 0 Å². The maximum Gasteiger partial charge on any atom is 0.329 e. The van der Waals surface area contributed by atoms with Gasteiger partial charge in [-0.05, 0) is 0 Å². The summed E-state index contributed by atoms with van der Waals surface area (Å²) in [4.78, 5) is 25.0. The fourth-order valence-corrected chi connectivity index (χ4v) is 3.78. The SMILES string of the molecule is COC(=O)[C@@H]1CS[C@@H]2[C@H](O)[C@@H](O)[C@H](O)[C@H]([NH3+])C(=O)N21. The van der Waals surface area contributed by atoms with Crippen LogP contribution in [0.1, 0.15) is 0 Å². The number of methoxy groups -OCH3 is 1. The number of carbonyl (C=O) groups excluding carboxylic acids is 2. The molecule has 1 amide bonds. The van der Waals surface area contributed by atoms with E-state index in [0.29, 0.717) is 0 Å². The van der Waals surface area contributed by atoms with E-state index in [1.807, 2.05) is 0 Å². The Balaban J connectivity index is 2.35. The van der Waals surface area contributed by atoms with Gasteiger partial charge in [-0.3, -0.25) is 4.79 Å². The summed E-state index contributed by atoms with van der Waals surface area (Å²) in [6.07, 6.45) is -4.29. The van der Waals surface area contributed by atoms with Gasteiger partial charge in [0.15, 0.2) is 6.04 Å². The van der Waals surface area contributed by atoms with Crippen LogP contribution in [0.2, 0.25) is 0 Å². The summed E-state index contributed by atoms with van der Waals surface area (Å²) < 4.78 is 4.62. The van der Waals surface area contributed by atoms with Crippen LogP contribution in [0.4, 0.5) is 0 Å². The Labute approximate surface area is 113 Å². The van der Waals surface area contributed by atoms with Crippen molar-refractivity contribution < 1.29 is 35.4 Å². The molecule has 2 aliphatic rings. The van der Waals surface area contributed by atoms with Crippen LogP contribution in [0.5, 0.6) is 0 Å². The molecule has 0 saturated carbocycles. The molecule has 0 spiro atoms. The van der Waals surface area contributed by atoms with E-state index < -0.39 is 47.6 Å². The second-order valence-electron chi connectivity index (χ2n) is 4.59. The van der Waals surface area contributed by atoms with Gasteiger partial charge in [-0.2, -0.15) is 0 Å². The molecule has 0 aromatic heterocycles. The van der Waals surface area contributed by atoms with Crippen LogP contribution < -0.4 is 5.73 Å². The highest BCUT2D eigenvalue weighted by Crippen LogP contribution is 2.36. The van der Waals surface area contributed by atoms with Gasteiger partial charge < -0.3 is 30.7 Å². The van der Waals surface area contributed by atoms with Gasteiger partial charge in [-0.15, -0.1) is 11.8 Å². The third kappa shape index (κ3) is 2.21. The molecule has 2 aliphatic heterocycles. The Hall–Kier alpha value is -0.870. The first-order valence-corrected chi connectivity index (χ1v) is 6.84. The Kier molecular flexibility index (Phi) is 4.02. The fraction of sp³-hybridized carbons (Fsp3) is 0.800. The zero-order valence-corrected chi connectivity index (χ0v) is 11.1. The number of esters is 1. The number of hydrogen-bond donors (Lipinski definition) is 4. The summed E-state index contributed by atoms with van der Waals surface area (Å²) in [5.41, 5.74) is 3.51. The maximum absolute atomic E-state index is 12.2. The van der Waals surface area contributed by atoms with E-state index in [0.717, 1.165) is 4.90 Å². The van der Waals surface area contributed by atoms with Crippen LogP contribution in [0.25, 0.3) is 0 Å². The number of aliphatic hydroxyl groups excluding tert-OH is 3. The molecule has 0 aliphatic carbocycles. The molecule has 0 aromatic rings. The molecule has 0 bridgehead atoms. The Morgan fingerprint density at radius 1 is 1.37 bits per heavy atom. The molecule has 0 radical (unpaired) electrons. The predicted octanol–water partition coefficient (Wildman–Crippen LogP) is -3.86. The molecular formula is C10H17N2O6S+. The number of hydrogen-bond acceptors (Lipinski definition) is 7. The average molecular weight is 293 g/mol. The number of amides is 1. The molecule has 2 heterocycles.